The third-order valence-electron chi connectivity index (χ3n) is 2.91. The maximum atomic E-state index is 12.1. The van der Waals surface area contributed by atoms with Crippen molar-refractivity contribution < 1.29 is 8.42 Å². The van der Waals surface area contributed by atoms with E-state index in [1.165, 1.54) is 17.1 Å². The van der Waals surface area contributed by atoms with Crippen molar-refractivity contribution in [2.45, 2.75) is 26.2 Å². The number of hydrogen-bond donors (Lipinski definition) is 1. The van der Waals surface area contributed by atoms with E-state index in [-0.39, 0.29) is 0 Å². The molecule has 16 heavy (non-hydrogen) atoms. The van der Waals surface area contributed by atoms with E-state index in [2.05, 4.69) is 0 Å². The van der Waals surface area contributed by atoms with Crippen LogP contribution in [0.4, 0.5) is 0 Å². The molecule has 0 heterocycles. The second-order valence-electron chi connectivity index (χ2n) is 4.37. The van der Waals surface area contributed by atoms with Gasteiger partial charge in [0, 0.05) is 26.7 Å². The molecule has 0 atom stereocenters. The highest BCUT2D eigenvalue weighted by atomic mass is 32.2. The van der Waals surface area contributed by atoms with Crippen molar-refractivity contribution in [1.82, 2.24) is 8.61 Å². The molecule has 0 saturated heterocycles. The predicted molar refractivity (Wildman–Crippen MR) is 65.2 cm³/mol. The number of nitrogens with zero attached hydrogens (tertiary/aromatic N) is 2. The molecule has 1 fully saturated rings. The molecule has 0 aliphatic heterocycles. The third kappa shape index (κ3) is 3.69. The zero-order valence-electron chi connectivity index (χ0n) is 10.2. The first-order valence-corrected chi connectivity index (χ1v) is 7.33. The number of hydrogen-bond acceptors (Lipinski definition) is 3. The van der Waals surface area contributed by atoms with Crippen LogP contribution in [0.2, 0.25) is 0 Å². The van der Waals surface area contributed by atoms with Gasteiger partial charge >= 0.3 is 0 Å². The Kier molecular flexibility index (Phi) is 5.17. The molecule has 0 unspecified atom stereocenters. The molecule has 1 aliphatic rings. The van der Waals surface area contributed by atoms with Crippen LogP contribution < -0.4 is 5.73 Å². The van der Waals surface area contributed by atoms with Gasteiger partial charge in [0.25, 0.3) is 10.2 Å². The predicted octanol–water partition coefficient (Wildman–Crippen LogP) is 0.244. The topological polar surface area (TPSA) is 66.6 Å². The first-order valence-electron chi connectivity index (χ1n) is 5.93. The van der Waals surface area contributed by atoms with Crippen molar-refractivity contribution in [2.24, 2.45) is 11.7 Å². The summed E-state index contributed by atoms with van der Waals surface area (Å²) in [7, 11) is -1.64. The minimum absolute atomic E-state index is 0.500. The van der Waals surface area contributed by atoms with E-state index in [0.717, 1.165) is 0 Å². The Balaban J connectivity index is 2.56. The summed E-state index contributed by atoms with van der Waals surface area (Å²) in [6.07, 6.45) is 3.04. The van der Waals surface area contributed by atoms with E-state index in [1.54, 1.807) is 11.4 Å². The highest BCUT2D eigenvalue weighted by Gasteiger charge is 2.31. The molecule has 2 N–H and O–H groups in total. The SMILES string of the molecule is CCN(CC1CC1)S(=O)(=O)N(C)CCCN. The summed E-state index contributed by atoms with van der Waals surface area (Å²) in [5, 5.41) is 0. The molecule has 0 spiro atoms. The van der Waals surface area contributed by atoms with Gasteiger partial charge in [-0.25, -0.2) is 0 Å². The lowest BCUT2D eigenvalue weighted by Crippen LogP contribution is -2.43. The largest absolute Gasteiger partial charge is 0.330 e. The molecular formula is C10H23N3O2S. The van der Waals surface area contributed by atoms with Gasteiger partial charge in [0.15, 0.2) is 0 Å². The zero-order valence-corrected chi connectivity index (χ0v) is 11.0. The molecule has 0 aromatic carbocycles. The summed E-state index contributed by atoms with van der Waals surface area (Å²) >= 11 is 0. The van der Waals surface area contributed by atoms with Gasteiger partial charge < -0.3 is 5.73 Å². The van der Waals surface area contributed by atoms with Gasteiger partial charge in [-0.05, 0) is 31.7 Å². The Hall–Kier alpha value is -0.170. The first kappa shape index (κ1) is 13.9. The van der Waals surface area contributed by atoms with Crippen molar-refractivity contribution in [3.05, 3.63) is 0 Å². The van der Waals surface area contributed by atoms with Crippen LogP contribution >= 0.6 is 0 Å². The van der Waals surface area contributed by atoms with Gasteiger partial charge in [0.05, 0.1) is 0 Å². The van der Waals surface area contributed by atoms with Crippen LogP contribution in [0.25, 0.3) is 0 Å². The summed E-state index contributed by atoms with van der Waals surface area (Å²) < 4.78 is 27.3. The molecule has 1 aliphatic carbocycles. The van der Waals surface area contributed by atoms with Gasteiger partial charge in [-0.2, -0.15) is 17.0 Å². The normalized spacial score (nSPS) is 17.3. The number of nitrogens with two attached hydrogens (primary N) is 1. The highest BCUT2D eigenvalue weighted by Crippen LogP contribution is 2.30. The standard InChI is InChI=1S/C10H23N3O2S/c1-3-13(9-10-5-6-10)16(14,15)12(2)8-4-7-11/h10H,3-9,11H2,1-2H3. The van der Waals surface area contributed by atoms with E-state index < -0.39 is 10.2 Å². The Bertz CT molecular complexity index is 301. The second kappa shape index (κ2) is 5.95. The van der Waals surface area contributed by atoms with Crippen molar-refractivity contribution in [1.29, 1.82) is 0 Å². The molecule has 0 radical (unpaired) electrons. The first-order chi connectivity index (χ1) is 7.52. The van der Waals surface area contributed by atoms with E-state index in [1.807, 2.05) is 6.92 Å². The monoisotopic (exact) mass is 249 g/mol. The molecule has 0 bridgehead atoms. The van der Waals surface area contributed by atoms with Crippen LogP contribution in [0.5, 0.6) is 0 Å². The molecular weight excluding hydrogens is 226 g/mol. The van der Waals surface area contributed by atoms with Crippen LogP contribution in [-0.2, 0) is 10.2 Å². The average molecular weight is 249 g/mol. The van der Waals surface area contributed by atoms with E-state index in [0.29, 0.717) is 38.5 Å². The van der Waals surface area contributed by atoms with Crippen LogP contribution in [0.3, 0.4) is 0 Å². The molecule has 0 aromatic rings. The summed E-state index contributed by atoms with van der Waals surface area (Å²) in [5.74, 6) is 0.581. The lowest BCUT2D eigenvalue weighted by atomic mass is 10.4. The quantitative estimate of drug-likeness (QED) is 0.670. The molecule has 1 saturated carbocycles. The van der Waals surface area contributed by atoms with Gasteiger partial charge in [-0.15, -0.1) is 0 Å². The smallest absolute Gasteiger partial charge is 0.281 e. The van der Waals surface area contributed by atoms with E-state index in [4.69, 9.17) is 5.73 Å². The fourth-order valence-corrected chi connectivity index (χ4v) is 3.08. The lowest BCUT2D eigenvalue weighted by molar-refractivity contribution is 0.357. The molecule has 5 nitrogen and oxygen atoms in total. The van der Waals surface area contributed by atoms with Crippen molar-refractivity contribution >= 4 is 10.2 Å². The second-order valence-corrected chi connectivity index (χ2v) is 6.40. The Morgan fingerprint density at radius 3 is 2.44 bits per heavy atom. The van der Waals surface area contributed by atoms with Gasteiger partial charge in [0.2, 0.25) is 0 Å². The Morgan fingerprint density at radius 2 is 2.00 bits per heavy atom. The molecule has 6 heteroatoms. The van der Waals surface area contributed by atoms with Crippen molar-refractivity contribution in [2.75, 3.05) is 33.2 Å². The number of rotatable bonds is 8. The third-order valence-corrected chi connectivity index (χ3v) is 4.94. The summed E-state index contributed by atoms with van der Waals surface area (Å²) in [6.45, 7) is 4.13. The van der Waals surface area contributed by atoms with Gasteiger partial charge in [-0.1, -0.05) is 6.92 Å². The Morgan fingerprint density at radius 1 is 1.38 bits per heavy atom. The lowest BCUT2D eigenvalue weighted by Gasteiger charge is -2.26. The summed E-state index contributed by atoms with van der Waals surface area (Å²) in [4.78, 5) is 0. The maximum Gasteiger partial charge on any atom is 0.281 e. The summed E-state index contributed by atoms with van der Waals surface area (Å²) in [6, 6.07) is 0. The maximum absolute atomic E-state index is 12.1. The fraction of sp³-hybridized carbons (Fsp3) is 1.00. The van der Waals surface area contributed by atoms with Crippen LogP contribution in [0.15, 0.2) is 0 Å². The summed E-state index contributed by atoms with van der Waals surface area (Å²) in [5.41, 5.74) is 5.38. The van der Waals surface area contributed by atoms with Gasteiger partial charge in [-0.3, -0.25) is 0 Å². The Labute approximate surface area is 98.8 Å². The minimum atomic E-state index is -3.27. The molecule has 96 valence electrons. The van der Waals surface area contributed by atoms with Crippen molar-refractivity contribution in [3.63, 3.8) is 0 Å². The molecule has 1 rings (SSSR count). The highest BCUT2D eigenvalue weighted by molar-refractivity contribution is 7.86. The molecule has 0 amide bonds. The van der Waals surface area contributed by atoms with E-state index >= 15 is 0 Å². The van der Waals surface area contributed by atoms with Crippen LogP contribution in [0.1, 0.15) is 26.2 Å². The van der Waals surface area contributed by atoms with E-state index in [9.17, 15) is 8.42 Å². The fourth-order valence-electron chi connectivity index (χ4n) is 1.60. The van der Waals surface area contributed by atoms with Crippen LogP contribution in [0, 0.1) is 5.92 Å². The van der Waals surface area contributed by atoms with Crippen LogP contribution in [-0.4, -0.2) is 50.3 Å². The molecule has 0 aromatic heterocycles. The average Bonchev–Trinajstić information content (AvgIpc) is 3.05. The van der Waals surface area contributed by atoms with Gasteiger partial charge in [0.1, 0.15) is 0 Å². The minimum Gasteiger partial charge on any atom is -0.330 e. The zero-order chi connectivity index (χ0) is 12.2. The van der Waals surface area contributed by atoms with Crippen molar-refractivity contribution in [3.8, 4) is 0 Å².